The van der Waals surface area contributed by atoms with Gasteiger partial charge in [-0.2, -0.15) is 0 Å². The van der Waals surface area contributed by atoms with E-state index in [-0.39, 0.29) is 13.4 Å². The number of halogens is 1. The zero-order chi connectivity index (χ0) is 10.7. The number of aldehydes is 1. The molecular formula is C10H9BrO4. The molecule has 1 aromatic carbocycles. The predicted octanol–water partition coefficient (Wildman–Crippen LogP) is 1.89. The van der Waals surface area contributed by atoms with Crippen molar-refractivity contribution >= 4 is 22.2 Å². The summed E-state index contributed by atoms with van der Waals surface area (Å²) in [5, 5.41) is 0. The van der Waals surface area contributed by atoms with Crippen molar-refractivity contribution in [1.29, 1.82) is 0 Å². The van der Waals surface area contributed by atoms with Crippen LogP contribution >= 0.6 is 15.9 Å². The molecule has 0 radical (unpaired) electrons. The molecule has 0 saturated carbocycles. The Kier molecular flexibility index (Phi) is 3.23. The van der Waals surface area contributed by atoms with E-state index in [1.165, 1.54) is 0 Å². The van der Waals surface area contributed by atoms with Crippen LogP contribution in [0.3, 0.4) is 0 Å². The van der Waals surface area contributed by atoms with Gasteiger partial charge in [0, 0.05) is 4.47 Å². The quantitative estimate of drug-likeness (QED) is 0.620. The van der Waals surface area contributed by atoms with Crippen LogP contribution in [0.1, 0.15) is 5.56 Å². The van der Waals surface area contributed by atoms with Gasteiger partial charge in [-0.3, -0.25) is 0 Å². The lowest BCUT2D eigenvalue weighted by atomic mass is 10.2. The molecule has 5 heteroatoms. The Balaban J connectivity index is 2.13. The minimum atomic E-state index is 0.0981. The molecule has 0 aliphatic carbocycles. The molecule has 4 nitrogen and oxygen atoms in total. The van der Waals surface area contributed by atoms with Gasteiger partial charge < -0.3 is 19.0 Å². The number of benzene rings is 1. The van der Waals surface area contributed by atoms with E-state index in [9.17, 15) is 4.79 Å². The largest absolute Gasteiger partial charge is 0.454 e. The molecule has 1 aromatic rings. The molecule has 80 valence electrons. The van der Waals surface area contributed by atoms with Gasteiger partial charge in [-0.05, 0) is 17.7 Å². The first kappa shape index (κ1) is 10.4. The van der Waals surface area contributed by atoms with Gasteiger partial charge in [0.2, 0.25) is 6.79 Å². The van der Waals surface area contributed by atoms with Gasteiger partial charge in [0.05, 0.1) is 6.61 Å². The summed E-state index contributed by atoms with van der Waals surface area (Å²) < 4.78 is 16.4. The lowest BCUT2D eigenvalue weighted by Gasteiger charge is -2.05. The van der Waals surface area contributed by atoms with Crippen LogP contribution < -0.4 is 9.47 Å². The van der Waals surface area contributed by atoms with E-state index in [0.29, 0.717) is 12.4 Å². The Morgan fingerprint density at radius 1 is 1.40 bits per heavy atom. The number of ether oxygens (including phenoxy) is 3. The number of fused-ring (bicyclic) bond motifs is 1. The van der Waals surface area contributed by atoms with Gasteiger partial charge in [-0.15, -0.1) is 0 Å². The Morgan fingerprint density at radius 3 is 2.87 bits per heavy atom. The van der Waals surface area contributed by atoms with Gasteiger partial charge in [-0.25, -0.2) is 0 Å². The predicted molar refractivity (Wildman–Crippen MR) is 56.0 cm³/mol. The van der Waals surface area contributed by atoms with E-state index in [4.69, 9.17) is 14.2 Å². The number of rotatable bonds is 4. The van der Waals surface area contributed by atoms with Crippen LogP contribution in [0.15, 0.2) is 16.6 Å². The van der Waals surface area contributed by atoms with Gasteiger partial charge in [0.1, 0.15) is 12.9 Å². The smallest absolute Gasteiger partial charge is 0.231 e. The summed E-state index contributed by atoms with van der Waals surface area (Å²) in [7, 11) is 0. The summed E-state index contributed by atoms with van der Waals surface area (Å²) in [6.07, 6.45) is 0.723. The second-order valence-corrected chi connectivity index (χ2v) is 3.83. The van der Waals surface area contributed by atoms with Crippen molar-refractivity contribution in [3.05, 3.63) is 22.2 Å². The molecule has 1 aliphatic rings. The van der Waals surface area contributed by atoms with Crippen molar-refractivity contribution in [2.24, 2.45) is 0 Å². The van der Waals surface area contributed by atoms with Crippen molar-refractivity contribution in [3.8, 4) is 11.5 Å². The van der Waals surface area contributed by atoms with E-state index < -0.39 is 0 Å². The fourth-order valence-corrected chi connectivity index (χ4v) is 1.72. The second-order valence-electron chi connectivity index (χ2n) is 2.98. The van der Waals surface area contributed by atoms with Gasteiger partial charge >= 0.3 is 0 Å². The molecule has 15 heavy (non-hydrogen) atoms. The lowest BCUT2D eigenvalue weighted by molar-refractivity contribution is -0.112. The molecule has 1 aliphatic heterocycles. The molecule has 0 unspecified atom stereocenters. The maximum absolute atomic E-state index is 10.1. The van der Waals surface area contributed by atoms with Crippen LogP contribution in [-0.4, -0.2) is 19.7 Å². The van der Waals surface area contributed by atoms with E-state index in [1.807, 2.05) is 12.1 Å². The van der Waals surface area contributed by atoms with Crippen LogP contribution in [0.25, 0.3) is 0 Å². The molecular weight excluding hydrogens is 264 g/mol. The van der Waals surface area contributed by atoms with Crippen LogP contribution in [0.2, 0.25) is 0 Å². The highest BCUT2D eigenvalue weighted by Crippen LogP contribution is 2.37. The Bertz CT molecular complexity index is 378. The van der Waals surface area contributed by atoms with E-state index in [2.05, 4.69) is 15.9 Å². The van der Waals surface area contributed by atoms with Gasteiger partial charge in [-0.1, -0.05) is 15.9 Å². The van der Waals surface area contributed by atoms with E-state index >= 15 is 0 Å². The maximum Gasteiger partial charge on any atom is 0.231 e. The molecule has 0 spiro atoms. The van der Waals surface area contributed by atoms with Crippen molar-refractivity contribution in [3.63, 3.8) is 0 Å². The SMILES string of the molecule is O=CCOCc1cc2c(cc1Br)OCO2. The molecule has 0 atom stereocenters. The first-order chi connectivity index (χ1) is 7.31. The van der Waals surface area contributed by atoms with Crippen molar-refractivity contribution in [2.75, 3.05) is 13.4 Å². The third kappa shape index (κ3) is 2.30. The highest BCUT2D eigenvalue weighted by atomic mass is 79.9. The van der Waals surface area contributed by atoms with Gasteiger partial charge in [0.25, 0.3) is 0 Å². The minimum absolute atomic E-state index is 0.0981. The summed E-state index contributed by atoms with van der Waals surface area (Å²) in [5.41, 5.74) is 0.932. The van der Waals surface area contributed by atoms with Crippen LogP contribution in [-0.2, 0) is 16.1 Å². The zero-order valence-electron chi connectivity index (χ0n) is 7.86. The fraction of sp³-hybridized carbons (Fsp3) is 0.300. The number of carbonyl (C=O) groups is 1. The highest BCUT2D eigenvalue weighted by molar-refractivity contribution is 9.10. The first-order valence-electron chi connectivity index (χ1n) is 4.40. The highest BCUT2D eigenvalue weighted by Gasteiger charge is 2.16. The van der Waals surface area contributed by atoms with E-state index in [1.54, 1.807) is 0 Å². The summed E-state index contributed by atoms with van der Waals surface area (Å²) in [4.78, 5) is 10.1. The van der Waals surface area contributed by atoms with Crippen LogP contribution in [0, 0.1) is 0 Å². The first-order valence-corrected chi connectivity index (χ1v) is 5.20. The van der Waals surface area contributed by atoms with E-state index in [0.717, 1.165) is 22.1 Å². The normalized spacial score (nSPS) is 12.9. The number of carbonyl (C=O) groups excluding carboxylic acids is 1. The molecule has 0 bridgehead atoms. The van der Waals surface area contributed by atoms with Gasteiger partial charge in [0.15, 0.2) is 11.5 Å². The molecule has 0 N–H and O–H groups in total. The molecule has 1 heterocycles. The third-order valence-corrected chi connectivity index (χ3v) is 2.72. The second kappa shape index (κ2) is 4.63. The topological polar surface area (TPSA) is 44.8 Å². The summed E-state index contributed by atoms with van der Waals surface area (Å²) in [5.74, 6) is 1.43. The molecule has 0 fully saturated rings. The number of hydrogen-bond acceptors (Lipinski definition) is 4. The number of hydrogen-bond donors (Lipinski definition) is 0. The van der Waals surface area contributed by atoms with Crippen molar-refractivity contribution < 1.29 is 19.0 Å². The van der Waals surface area contributed by atoms with Crippen LogP contribution in [0.4, 0.5) is 0 Å². The summed E-state index contributed by atoms with van der Waals surface area (Å²) in [6.45, 7) is 0.720. The average Bonchev–Trinajstić information content (AvgIpc) is 2.65. The summed E-state index contributed by atoms with van der Waals surface area (Å²) >= 11 is 3.40. The average molecular weight is 273 g/mol. The standard InChI is InChI=1S/C10H9BrO4/c11-8-4-10-9(14-6-15-10)3-7(8)5-13-2-1-12/h1,3-4H,2,5-6H2. The maximum atomic E-state index is 10.1. The Hall–Kier alpha value is -1.07. The molecule has 0 aromatic heterocycles. The lowest BCUT2D eigenvalue weighted by Crippen LogP contribution is -1.97. The Labute approximate surface area is 95.3 Å². The van der Waals surface area contributed by atoms with Crippen LogP contribution in [0.5, 0.6) is 11.5 Å². The molecule has 0 saturated heterocycles. The summed E-state index contributed by atoms with van der Waals surface area (Å²) in [6, 6.07) is 3.68. The third-order valence-electron chi connectivity index (χ3n) is 1.99. The minimum Gasteiger partial charge on any atom is -0.454 e. The molecule has 2 rings (SSSR count). The van der Waals surface area contributed by atoms with Crippen molar-refractivity contribution in [1.82, 2.24) is 0 Å². The fourth-order valence-electron chi connectivity index (χ4n) is 1.29. The van der Waals surface area contributed by atoms with Crippen molar-refractivity contribution in [2.45, 2.75) is 6.61 Å². The zero-order valence-corrected chi connectivity index (χ0v) is 9.45. The molecule has 0 amide bonds. The monoisotopic (exact) mass is 272 g/mol. The Morgan fingerprint density at radius 2 is 2.13 bits per heavy atom.